The summed E-state index contributed by atoms with van der Waals surface area (Å²) in [5, 5.41) is 35.7. The molecule has 0 spiro atoms. The van der Waals surface area contributed by atoms with Gasteiger partial charge in [0.15, 0.2) is 0 Å². The van der Waals surface area contributed by atoms with Crippen LogP contribution in [0.3, 0.4) is 0 Å². The van der Waals surface area contributed by atoms with Gasteiger partial charge in [-0.2, -0.15) is 5.11 Å². The van der Waals surface area contributed by atoms with Gasteiger partial charge >= 0.3 is 0 Å². The first-order chi connectivity index (χ1) is 19.3. The van der Waals surface area contributed by atoms with Crippen molar-refractivity contribution in [2.24, 2.45) is 10.2 Å². The molecule has 4 aromatic carbocycles. The molecule has 2 N–H and O–H groups in total. The van der Waals surface area contributed by atoms with Gasteiger partial charge in [-0.3, -0.25) is 29.8 Å². The van der Waals surface area contributed by atoms with Gasteiger partial charge in [0.05, 0.1) is 34.1 Å². The molecule has 0 saturated heterocycles. The number of benzene rings is 4. The van der Waals surface area contributed by atoms with Crippen LogP contribution in [0.4, 0.5) is 34.1 Å². The Hall–Kier alpha value is -5.78. The Morgan fingerprint density at radius 2 is 1.18 bits per heavy atom. The van der Waals surface area contributed by atoms with Gasteiger partial charge in [0.2, 0.25) is 11.8 Å². The van der Waals surface area contributed by atoms with Crippen molar-refractivity contribution >= 4 is 45.9 Å². The van der Waals surface area contributed by atoms with Gasteiger partial charge in [0, 0.05) is 30.0 Å². The fourth-order valence-corrected chi connectivity index (χ4v) is 3.65. The van der Waals surface area contributed by atoms with Crippen molar-refractivity contribution in [2.75, 3.05) is 10.6 Å². The number of non-ortho nitro benzene ring substituents is 2. The highest BCUT2D eigenvalue weighted by molar-refractivity contribution is 5.98. The summed E-state index contributed by atoms with van der Waals surface area (Å²) in [5.74, 6) is -0.768. The zero-order valence-electron chi connectivity index (χ0n) is 20.9. The Kier molecular flexibility index (Phi) is 8.62. The second-order valence-corrected chi connectivity index (χ2v) is 8.56. The van der Waals surface area contributed by atoms with Gasteiger partial charge in [-0.15, -0.1) is 5.11 Å². The lowest BCUT2D eigenvalue weighted by Crippen LogP contribution is -2.16. The van der Waals surface area contributed by atoms with Crippen molar-refractivity contribution in [3.05, 3.63) is 128 Å². The van der Waals surface area contributed by atoms with Gasteiger partial charge in [-0.05, 0) is 41.5 Å². The highest BCUT2D eigenvalue weighted by Crippen LogP contribution is 2.30. The molecule has 0 aliphatic carbocycles. The number of azo groups is 1. The van der Waals surface area contributed by atoms with E-state index >= 15 is 0 Å². The van der Waals surface area contributed by atoms with Crippen molar-refractivity contribution in [2.45, 2.75) is 12.8 Å². The molecule has 12 heteroatoms. The van der Waals surface area contributed by atoms with Crippen LogP contribution in [0.15, 0.2) is 107 Å². The van der Waals surface area contributed by atoms with E-state index in [0.717, 1.165) is 0 Å². The van der Waals surface area contributed by atoms with Crippen LogP contribution in [0, 0.1) is 20.2 Å². The van der Waals surface area contributed by atoms with E-state index in [4.69, 9.17) is 0 Å². The quantitative estimate of drug-likeness (QED) is 0.137. The number of hydrogen-bond donors (Lipinski definition) is 2. The first-order valence-corrected chi connectivity index (χ1v) is 11.9. The highest BCUT2D eigenvalue weighted by atomic mass is 16.6. The molecule has 2 amide bonds. The summed E-state index contributed by atoms with van der Waals surface area (Å²) >= 11 is 0. The molecular formula is C28H22N6O6. The van der Waals surface area contributed by atoms with Gasteiger partial charge < -0.3 is 10.6 Å². The Balaban J connectivity index is 1.51. The first-order valence-electron chi connectivity index (χ1n) is 11.9. The molecule has 0 saturated carbocycles. The van der Waals surface area contributed by atoms with Gasteiger partial charge in [-0.25, -0.2) is 0 Å². The summed E-state index contributed by atoms with van der Waals surface area (Å²) in [7, 11) is 0. The number of amides is 2. The molecule has 4 rings (SSSR count). The zero-order chi connectivity index (χ0) is 28.5. The smallest absolute Gasteiger partial charge is 0.269 e. The van der Waals surface area contributed by atoms with E-state index < -0.39 is 15.8 Å². The van der Waals surface area contributed by atoms with Crippen LogP contribution >= 0.6 is 0 Å². The number of carbonyl (C=O) groups excluding carboxylic acids is 2. The molecule has 0 aromatic heterocycles. The van der Waals surface area contributed by atoms with Crippen LogP contribution in [0.5, 0.6) is 0 Å². The monoisotopic (exact) mass is 538 g/mol. The number of nitro groups is 2. The average molecular weight is 539 g/mol. The molecule has 0 bridgehead atoms. The topological polar surface area (TPSA) is 169 Å². The van der Waals surface area contributed by atoms with Crippen molar-refractivity contribution in [1.29, 1.82) is 0 Å². The third-order valence-electron chi connectivity index (χ3n) is 5.61. The maximum Gasteiger partial charge on any atom is 0.269 e. The van der Waals surface area contributed by atoms with E-state index in [9.17, 15) is 29.8 Å². The van der Waals surface area contributed by atoms with Gasteiger partial charge in [0.25, 0.3) is 11.4 Å². The summed E-state index contributed by atoms with van der Waals surface area (Å²) in [4.78, 5) is 46.1. The second-order valence-electron chi connectivity index (χ2n) is 8.56. The van der Waals surface area contributed by atoms with Crippen LogP contribution in [-0.2, 0) is 22.4 Å². The van der Waals surface area contributed by atoms with Crippen molar-refractivity contribution in [3.63, 3.8) is 0 Å². The van der Waals surface area contributed by atoms with Crippen molar-refractivity contribution < 1.29 is 19.4 Å². The van der Waals surface area contributed by atoms with E-state index in [1.54, 1.807) is 30.3 Å². The molecule has 0 atom stereocenters. The number of carbonyl (C=O) groups is 2. The molecular weight excluding hydrogens is 516 g/mol. The van der Waals surface area contributed by atoms with Crippen LogP contribution in [0.1, 0.15) is 11.1 Å². The Morgan fingerprint density at radius 1 is 0.650 bits per heavy atom. The van der Waals surface area contributed by atoms with Crippen LogP contribution in [0.2, 0.25) is 0 Å². The lowest BCUT2D eigenvalue weighted by molar-refractivity contribution is -0.385. The molecule has 0 unspecified atom stereocenters. The predicted octanol–water partition coefficient (Wildman–Crippen LogP) is 6.28. The third kappa shape index (κ3) is 7.61. The Morgan fingerprint density at radius 3 is 1.70 bits per heavy atom. The van der Waals surface area contributed by atoms with Crippen LogP contribution in [0.25, 0.3) is 0 Å². The molecule has 0 fully saturated rings. The number of nitrogens with one attached hydrogen (secondary N) is 2. The van der Waals surface area contributed by atoms with Crippen LogP contribution in [-0.4, -0.2) is 21.7 Å². The number of anilines is 2. The zero-order valence-corrected chi connectivity index (χ0v) is 20.9. The maximum atomic E-state index is 12.8. The van der Waals surface area contributed by atoms with Crippen molar-refractivity contribution in [3.8, 4) is 0 Å². The molecule has 0 aliphatic heterocycles. The van der Waals surface area contributed by atoms with E-state index in [2.05, 4.69) is 20.9 Å². The van der Waals surface area contributed by atoms with E-state index in [-0.39, 0.29) is 30.1 Å². The fraction of sp³-hybridized carbons (Fsp3) is 0.0714. The van der Waals surface area contributed by atoms with Crippen molar-refractivity contribution in [1.82, 2.24) is 0 Å². The molecule has 12 nitrogen and oxygen atoms in total. The van der Waals surface area contributed by atoms with Gasteiger partial charge in [-0.1, -0.05) is 42.5 Å². The summed E-state index contributed by atoms with van der Waals surface area (Å²) < 4.78 is 0. The third-order valence-corrected chi connectivity index (χ3v) is 5.61. The molecule has 0 heterocycles. The minimum absolute atomic E-state index is 0.0186. The first kappa shape index (κ1) is 27.3. The SMILES string of the molecule is O=C(Cc1ccc([N+](=O)[O-])cc1)Nc1ccc(N=Nc2ccccc2)c(NC(=O)Cc2ccc([N+](=O)[O-])cc2)c1. The Labute approximate surface area is 227 Å². The largest absolute Gasteiger partial charge is 0.326 e. The van der Waals surface area contributed by atoms with Gasteiger partial charge in [0.1, 0.15) is 5.69 Å². The lowest BCUT2D eigenvalue weighted by atomic mass is 10.1. The number of nitro benzene ring substituents is 2. The van der Waals surface area contributed by atoms with E-state index in [0.29, 0.717) is 33.9 Å². The molecule has 40 heavy (non-hydrogen) atoms. The van der Waals surface area contributed by atoms with Crippen LogP contribution < -0.4 is 10.6 Å². The number of rotatable bonds is 10. The summed E-state index contributed by atoms with van der Waals surface area (Å²) in [6.45, 7) is 0. The minimum atomic E-state index is -0.519. The minimum Gasteiger partial charge on any atom is -0.326 e. The fourth-order valence-electron chi connectivity index (χ4n) is 3.65. The molecule has 200 valence electrons. The molecule has 4 aromatic rings. The average Bonchev–Trinajstić information content (AvgIpc) is 2.93. The molecule has 0 aliphatic rings. The number of hydrogen-bond acceptors (Lipinski definition) is 8. The number of nitrogens with zero attached hydrogens (tertiary/aromatic N) is 4. The summed E-state index contributed by atoms with van der Waals surface area (Å²) in [5.41, 5.74) is 2.64. The molecule has 0 radical (unpaired) electrons. The second kappa shape index (κ2) is 12.6. The standard InChI is InChI=1S/C28H22N6O6/c35-27(16-19-6-11-23(12-7-19)33(37)38)29-22-10-15-25(32-31-21-4-2-1-3-5-21)26(18-22)30-28(36)17-20-8-13-24(14-9-20)34(39)40/h1-15,18H,16-17H2,(H,29,35)(H,30,36). The highest BCUT2D eigenvalue weighted by Gasteiger charge is 2.13. The maximum absolute atomic E-state index is 12.8. The Bertz CT molecular complexity index is 1570. The lowest BCUT2D eigenvalue weighted by Gasteiger charge is -2.11. The normalized spacial score (nSPS) is 10.7. The summed E-state index contributed by atoms with van der Waals surface area (Å²) in [6.07, 6.45) is -0.0701. The summed E-state index contributed by atoms with van der Waals surface area (Å²) in [6, 6.07) is 25.1. The van der Waals surface area contributed by atoms with E-state index in [1.165, 1.54) is 48.5 Å². The predicted molar refractivity (Wildman–Crippen MR) is 148 cm³/mol. The van der Waals surface area contributed by atoms with E-state index in [1.807, 2.05) is 18.2 Å².